The molecule has 0 aromatic heterocycles. The molecule has 5 nitrogen and oxygen atoms in total. The number of hydrogen-bond donors (Lipinski definition) is 1. The minimum Gasteiger partial charge on any atom is -0.398 e. The summed E-state index contributed by atoms with van der Waals surface area (Å²) in [6.07, 6.45) is 5.07. The van der Waals surface area contributed by atoms with Gasteiger partial charge in [0.15, 0.2) is 0 Å². The summed E-state index contributed by atoms with van der Waals surface area (Å²) >= 11 is 0. The van der Waals surface area contributed by atoms with Crippen LogP contribution in [0.15, 0.2) is 18.2 Å². The van der Waals surface area contributed by atoms with Gasteiger partial charge in [0.2, 0.25) is 11.8 Å². The molecule has 0 saturated carbocycles. The van der Waals surface area contributed by atoms with Crippen molar-refractivity contribution in [1.29, 1.82) is 0 Å². The minimum atomic E-state index is -0.0908. The monoisotopic (exact) mass is 365 g/mol. The van der Waals surface area contributed by atoms with E-state index in [-0.39, 0.29) is 30.1 Å². The first-order chi connectivity index (χ1) is 11.6. The van der Waals surface area contributed by atoms with Gasteiger partial charge in [-0.1, -0.05) is 13.0 Å². The van der Waals surface area contributed by atoms with E-state index in [4.69, 9.17) is 5.73 Å². The van der Waals surface area contributed by atoms with Gasteiger partial charge in [-0.05, 0) is 49.8 Å². The van der Waals surface area contributed by atoms with Gasteiger partial charge in [0, 0.05) is 37.4 Å². The van der Waals surface area contributed by atoms with E-state index in [1.807, 2.05) is 34.9 Å². The number of hydrogen-bond acceptors (Lipinski definition) is 3. The number of piperidine rings is 1. The highest BCUT2D eigenvalue weighted by Crippen LogP contribution is 2.33. The standard InChI is InChI=1S/C19H27N3O2.ClH/c1-2-6-18(23)21-11-4-7-14(13-21)19(24)22-12-5-8-15-16(20)9-3-10-17(15)22;/h3,9-10,14H,2,4-8,11-13,20H2,1H3;1H. The maximum Gasteiger partial charge on any atom is 0.231 e. The molecule has 1 fully saturated rings. The number of carbonyl (C=O) groups is 2. The van der Waals surface area contributed by atoms with E-state index in [2.05, 4.69) is 0 Å². The van der Waals surface area contributed by atoms with Gasteiger partial charge in [0.05, 0.1) is 5.92 Å². The van der Waals surface area contributed by atoms with Crippen LogP contribution in [0.2, 0.25) is 0 Å². The first kappa shape index (κ1) is 19.6. The van der Waals surface area contributed by atoms with Crippen LogP contribution in [-0.2, 0) is 16.0 Å². The molecule has 2 heterocycles. The maximum absolute atomic E-state index is 13.1. The van der Waals surface area contributed by atoms with Crippen molar-refractivity contribution in [2.24, 2.45) is 5.92 Å². The fraction of sp³-hybridized carbons (Fsp3) is 0.579. The quantitative estimate of drug-likeness (QED) is 0.837. The molecule has 138 valence electrons. The van der Waals surface area contributed by atoms with Gasteiger partial charge in [-0.25, -0.2) is 0 Å². The summed E-state index contributed by atoms with van der Waals surface area (Å²) in [6.45, 7) is 4.10. The van der Waals surface area contributed by atoms with E-state index in [9.17, 15) is 9.59 Å². The topological polar surface area (TPSA) is 66.6 Å². The summed E-state index contributed by atoms with van der Waals surface area (Å²) in [6, 6.07) is 5.81. The molecule has 2 N–H and O–H groups in total. The Kier molecular flexibility index (Phi) is 6.71. The van der Waals surface area contributed by atoms with E-state index in [1.165, 1.54) is 0 Å². The molecule has 1 aromatic rings. The zero-order chi connectivity index (χ0) is 17.1. The molecule has 1 unspecified atom stereocenters. The number of halogens is 1. The molecule has 0 radical (unpaired) electrons. The number of carbonyl (C=O) groups excluding carboxylic acids is 2. The normalized spacial score (nSPS) is 19.8. The lowest BCUT2D eigenvalue weighted by Gasteiger charge is -2.37. The maximum atomic E-state index is 13.1. The number of nitrogens with two attached hydrogens (primary N) is 1. The van der Waals surface area contributed by atoms with Crippen molar-refractivity contribution >= 4 is 35.6 Å². The van der Waals surface area contributed by atoms with Gasteiger partial charge in [-0.15, -0.1) is 12.4 Å². The molecule has 2 aliphatic rings. The third-order valence-electron chi connectivity index (χ3n) is 5.14. The number of amides is 2. The van der Waals surface area contributed by atoms with Crippen molar-refractivity contribution in [3.8, 4) is 0 Å². The SMILES string of the molecule is CCCC(=O)N1CCCC(C(=O)N2CCCc3c(N)cccc32)C1.Cl. The highest BCUT2D eigenvalue weighted by molar-refractivity contribution is 5.97. The Labute approximate surface area is 155 Å². The Morgan fingerprint density at radius 3 is 2.80 bits per heavy atom. The number of nitrogens with zero attached hydrogens (tertiary/aromatic N) is 2. The molecule has 6 heteroatoms. The predicted molar refractivity (Wildman–Crippen MR) is 103 cm³/mol. The second kappa shape index (κ2) is 8.56. The summed E-state index contributed by atoms with van der Waals surface area (Å²) in [5.41, 5.74) is 8.91. The fourth-order valence-electron chi connectivity index (χ4n) is 3.88. The number of fused-ring (bicyclic) bond motifs is 1. The number of rotatable bonds is 3. The number of nitrogen functional groups attached to an aromatic ring is 1. The second-order valence-corrected chi connectivity index (χ2v) is 6.87. The van der Waals surface area contributed by atoms with Crippen LogP contribution in [0.4, 0.5) is 11.4 Å². The molecule has 2 aliphatic heterocycles. The van der Waals surface area contributed by atoms with E-state index in [0.717, 1.165) is 62.1 Å². The van der Waals surface area contributed by atoms with E-state index < -0.39 is 0 Å². The summed E-state index contributed by atoms with van der Waals surface area (Å²) in [5, 5.41) is 0. The van der Waals surface area contributed by atoms with Gasteiger partial charge >= 0.3 is 0 Å². The zero-order valence-corrected chi connectivity index (χ0v) is 15.7. The lowest BCUT2D eigenvalue weighted by atomic mass is 9.93. The lowest BCUT2D eigenvalue weighted by molar-refractivity contribution is -0.135. The zero-order valence-electron chi connectivity index (χ0n) is 14.9. The number of likely N-dealkylation sites (tertiary alicyclic amines) is 1. The molecule has 0 bridgehead atoms. The van der Waals surface area contributed by atoms with Gasteiger partial charge in [-0.3, -0.25) is 9.59 Å². The van der Waals surface area contributed by atoms with Gasteiger partial charge in [-0.2, -0.15) is 0 Å². The average molecular weight is 366 g/mol. The molecular weight excluding hydrogens is 338 g/mol. The molecule has 1 saturated heterocycles. The second-order valence-electron chi connectivity index (χ2n) is 6.87. The summed E-state index contributed by atoms with van der Waals surface area (Å²) < 4.78 is 0. The van der Waals surface area contributed by atoms with Crippen LogP contribution in [0.25, 0.3) is 0 Å². The smallest absolute Gasteiger partial charge is 0.231 e. The largest absolute Gasteiger partial charge is 0.398 e. The number of benzene rings is 1. The molecule has 1 atom stereocenters. The van der Waals surface area contributed by atoms with Crippen LogP contribution in [0, 0.1) is 5.92 Å². The summed E-state index contributed by atoms with van der Waals surface area (Å²) in [7, 11) is 0. The Morgan fingerprint density at radius 2 is 2.04 bits per heavy atom. The molecule has 0 spiro atoms. The number of anilines is 2. The van der Waals surface area contributed by atoms with Crippen molar-refractivity contribution in [2.75, 3.05) is 30.3 Å². The lowest BCUT2D eigenvalue weighted by Crippen LogP contribution is -2.48. The van der Waals surface area contributed by atoms with Gasteiger partial charge in [0.25, 0.3) is 0 Å². The van der Waals surface area contributed by atoms with Crippen molar-refractivity contribution in [2.45, 2.75) is 45.4 Å². The Hall–Kier alpha value is -1.75. The fourth-order valence-corrected chi connectivity index (χ4v) is 3.88. The molecule has 3 rings (SSSR count). The van der Waals surface area contributed by atoms with Crippen molar-refractivity contribution in [3.63, 3.8) is 0 Å². The average Bonchev–Trinajstić information content (AvgIpc) is 2.61. The molecular formula is C19H28ClN3O2. The van der Waals surface area contributed by atoms with Crippen LogP contribution in [0.3, 0.4) is 0 Å². The Morgan fingerprint density at radius 1 is 1.24 bits per heavy atom. The van der Waals surface area contributed by atoms with E-state index in [0.29, 0.717) is 13.0 Å². The summed E-state index contributed by atoms with van der Waals surface area (Å²) in [4.78, 5) is 29.0. The summed E-state index contributed by atoms with van der Waals surface area (Å²) in [5.74, 6) is 0.237. The highest BCUT2D eigenvalue weighted by Gasteiger charge is 2.33. The van der Waals surface area contributed by atoms with E-state index >= 15 is 0 Å². The molecule has 2 amide bonds. The first-order valence-electron chi connectivity index (χ1n) is 9.08. The van der Waals surface area contributed by atoms with Crippen LogP contribution in [0.1, 0.15) is 44.6 Å². The van der Waals surface area contributed by atoms with Gasteiger partial charge < -0.3 is 15.5 Å². The van der Waals surface area contributed by atoms with Crippen LogP contribution in [0.5, 0.6) is 0 Å². The Balaban J connectivity index is 0.00000225. The van der Waals surface area contributed by atoms with Crippen LogP contribution in [-0.4, -0.2) is 36.3 Å². The highest BCUT2D eigenvalue weighted by atomic mass is 35.5. The van der Waals surface area contributed by atoms with Crippen LogP contribution < -0.4 is 10.6 Å². The first-order valence-corrected chi connectivity index (χ1v) is 9.08. The molecule has 0 aliphatic carbocycles. The third-order valence-corrected chi connectivity index (χ3v) is 5.14. The van der Waals surface area contributed by atoms with Gasteiger partial charge in [0.1, 0.15) is 0 Å². The Bertz CT molecular complexity index is 635. The van der Waals surface area contributed by atoms with Crippen molar-refractivity contribution < 1.29 is 9.59 Å². The van der Waals surface area contributed by atoms with Crippen LogP contribution >= 0.6 is 12.4 Å². The third kappa shape index (κ3) is 4.09. The minimum absolute atomic E-state index is 0. The molecule has 1 aromatic carbocycles. The predicted octanol–water partition coefficient (Wildman–Crippen LogP) is 3.01. The van der Waals surface area contributed by atoms with Crippen molar-refractivity contribution in [1.82, 2.24) is 4.90 Å². The molecule has 25 heavy (non-hydrogen) atoms. The van der Waals surface area contributed by atoms with Crippen molar-refractivity contribution in [3.05, 3.63) is 23.8 Å². The van der Waals surface area contributed by atoms with E-state index in [1.54, 1.807) is 0 Å².